The molecule has 0 aliphatic carbocycles. The molecule has 0 saturated carbocycles. The Labute approximate surface area is 145 Å². The summed E-state index contributed by atoms with van der Waals surface area (Å²) in [6, 6.07) is 6.48. The van der Waals surface area contributed by atoms with Gasteiger partial charge in [-0.05, 0) is 24.6 Å². The third-order valence-corrected chi connectivity index (χ3v) is 4.97. The highest BCUT2D eigenvalue weighted by atomic mass is 32.1. The number of aryl methyl sites for hydroxylation is 1. The number of aromatic nitrogens is 3. The molecule has 130 valence electrons. The Morgan fingerprint density at radius 2 is 1.88 bits per heavy atom. The summed E-state index contributed by atoms with van der Waals surface area (Å²) < 4.78 is 38.0. The van der Waals surface area contributed by atoms with E-state index < -0.39 is 11.7 Å². The predicted octanol–water partition coefficient (Wildman–Crippen LogP) is 4.37. The van der Waals surface area contributed by atoms with E-state index in [1.165, 1.54) is 29.5 Å². The number of hydrogen-bond donors (Lipinski definition) is 1. The molecule has 2 aromatic heterocycles. The molecule has 2 heterocycles. The first-order valence-corrected chi connectivity index (χ1v) is 8.27. The van der Waals surface area contributed by atoms with Gasteiger partial charge in [0.1, 0.15) is 16.5 Å². The molecule has 3 aromatic rings. The van der Waals surface area contributed by atoms with Crippen LogP contribution in [0.2, 0.25) is 0 Å². The summed E-state index contributed by atoms with van der Waals surface area (Å²) in [7, 11) is 0. The van der Waals surface area contributed by atoms with E-state index in [4.69, 9.17) is 0 Å². The first-order valence-electron chi connectivity index (χ1n) is 7.45. The van der Waals surface area contributed by atoms with E-state index in [2.05, 4.69) is 15.0 Å². The van der Waals surface area contributed by atoms with Gasteiger partial charge in [-0.2, -0.15) is 13.2 Å². The summed E-state index contributed by atoms with van der Waals surface area (Å²) in [5, 5.41) is 0.600. The summed E-state index contributed by atoms with van der Waals surface area (Å²) in [4.78, 5) is 23.6. The van der Waals surface area contributed by atoms with Gasteiger partial charge in [-0.25, -0.2) is 9.97 Å². The zero-order chi connectivity index (χ0) is 18.2. The Kier molecular flexibility index (Phi) is 4.47. The second-order valence-corrected chi connectivity index (χ2v) is 6.69. The Balaban J connectivity index is 1.87. The van der Waals surface area contributed by atoms with E-state index in [1.54, 1.807) is 13.1 Å². The standard InChI is InChI=1S/C17H14F3N3OS/c1-9(11-3-5-12(6-4-11)17(18,19)20)14-8-21-16(25-14)13-7-15(24)23-10(2)22-13/h3-9H,1-2H3,(H,22,23,24). The van der Waals surface area contributed by atoms with Crippen LogP contribution < -0.4 is 5.56 Å². The van der Waals surface area contributed by atoms with Crippen molar-refractivity contribution in [2.45, 2.75) is 25.9 Å². The van der Waals surface area contributed by atoms with Gasteiger partial charge in [-0.1, -0.05) is 19.1 Å². The fraction of sp³-hybridized carbons (Fsp3) is 0.235. The van der Waals surface area contributed by atoms with Gasteiger partial charge in [0, 0.05) is 23.1 Å². The smallest absolute Gasteiger partial charge is 0.311 e. The maximum Gasteiger partial charge on any atom is 0.416 e. The molecule has 1 atom stereocenters. The van der Waals surface area contributed by atoms with Gasteiger partial charge >= 0.3 is 6.18 Å². The minimum Gasteiger partial charge on any atom is -0.311 e. The normalized spacial score (nSPS) is 13.0. The summed E-state index contributed by atoms with van der Waals surface area (Å²) >= 11 is 1.37. The van der Waals surface area contributed by atoms with Gasteiger partial charge in [0.15, 0.2) is 0 Å². The van der Waals surface area contributed by atoms with E-state index in [9.17, 15) is 18.0 Å². The number of nitrogens with one attached hydrogen (secondary N) is 1. The molecular formula is C17H14F3N3OS. The zero-order valence-electron chi connectivity index (χ0n) is 13.4. The van der Waals surface area contributed by atoms with E-state index in [0.29, 0.717) is 16.5 Å². The highest BCUT2D eigenvalue weighted by Crippen LogP contribution is 2.34. The number of aromatic amines is 1. The fourth-order valence-electron chi connectivity index (χ4n) is 2.42. The number of rotatable bonds is 3. The maximum atomic E-state index is 12.7. The quantitative estimate of drug-likeness (QED) is 0.750. The van der Waals surface area contributed by atoms with Crippen molar-refractivity contribution < 1.29 is 13.2 Å². The minimum atomic E-state index is -4.34. The molecule has 3 rings (SSSR count). The summed E-state index contributed by atoms with van der Waals surface area (Å²) in [5.74, 6) is 0.381. The molecule has 8 heteroatoms. The van der Waals surface area contributed by atoms with Gasteiger partial charge < -0.3 is 4.98 Å². The van der Waals surface area contributed by atoms with Gasteiger partial charge in [0.2, 0.25) is 0 Å². The van der Waals surface area contributed by atoms with Crippen LogP contribution in [0.4, 0.5) is 13.2 Å². The number of nitrogens with zero attached hydrogens (tertiary/aromatic N) is 2. The third-order valence-electron chi connectivity index (χ3n) is 3.77. The predicted molar refractivity (Wildman–Crippen MR) is 89.7 cm³/mol. The van der Waals surface area contributed by atoms with Crippen LogP contribution >= 0.6 is 11.3 Å². The summed E-state index contributed by atoms with van der Waals surface area (Å²) in [6.07, 6.45) is -2.68. The van der Waals surface area contributed by atoms with Crippen molar-refractivity contribution in [2.75, 3.05) is 0 Å². The van der Waals surface area contributed by atoms with Crippen LogP contribution in [-0.2, 0) is 6.18 Å². The van der Waals surface area contributed by atoms with Crippen molar-refractivity contribution >= 4 is 11.3 Å². The molecule has 0 radical (unpaired) electrons. The first-order chi connectivity index (χ1) is 11.7. The number of H-pyrrole nitrogens is 1. The van der Waals surface area contributed by atoms with Crippen LogP contribution in [0.3, 0.4) is 0 Å². The van der Waals surface area contributed by atoms with Gasteiger partial charge in [0.25, 0.3) is 5.56 Å². The summed E-state index contributed by atoms with van der Waals surface area (Å²) in [5.41, 5.74) is 0.321. The van der Waals surface area contributed by atoms with Crippen molar-refractivity contribution in [3.63, 3.8) is 0 Å². The first kappa shape index (κ1) is 17.3. The largest absolute Gasteiger partial charge is 0.416 e. The van der Waals surface area contributed by atoms with Crippen molar-refractivity contribution in [2.24, 2.45) is 0 Å². The number of benzene rings is 1. The third kappa shape index (κ3) is 3.79. The van der Waals surface area contributed by atoms with Crippen LogP contribution in [0.15, 0.2) is 41.3 Å². The Bertz CT molecular complexity index is 945. The van der Waals surface area contributed by atoms with Gasteiger partial charge in [-0.3, -0.25) is 4.79 Å². The second kappa shape index (κ2) is 6.44. The van der Waals surface area contributed by atoms with Crippen molar-refractivity contribution in [3.05, 3.63) is 68.7 Å². The molecule has 25 heavy (non-hydrogen) atoms. The Morgan fingerprint density at radius 3 is 2.48 bits per heavy atom. The van der Waals surface area contributed by atoms with Crippen molar-refractivity contribution in [1.29, 1.82) is 0 Å². The number of thiazole rings is 1. The topological polar surface area (TPSA) is 58.6 Å². The fourth-order valence-corrected chi connectivity index (χ4v) is 3.38. The molecule has 4 nitrogen and oxygen atoms in total. The lowest BCUT2D eigenvalue weighted by Crippen LogP contribution is -2.08. The highest BCUT2D eigenvalue weighted by molar-refractivity contribution is 7.15. The zero-order valence-corrected chi connectivity index (χ0v) is 14.2. The van der Waals surface area contributed by atoms with Crippen LogP contribution in [0.25, 0.3) is 10.7 Å². The molecule has 0 bridgehead atoms. The number of hydrogen-bond acceptors (Lipinski definition) is 4. The summed E-state index contributed by atoms with van der Waals surface area (Å²) in [6.45, 7) is 3.58. The van der Waals surface area contributed by atoms with Crippen LogP contribution in [0, 0.1) is 6.92 Å². The minimum absolute atomic E-state index is 0.114. The molecular weight excluding hydrogens is 351 g/mol. The van der Waals surface area contributed by atoms with Gasteiger partial charge in [0.05, 0.1) is 5.56 Å². The van der Waals surface area contributed by atoms with Crippen LogP contribution in [0.5, 0.6) is 0 Å². The molecule has 0 saturated heterocycles. The SMILES string of the molecule is Cc1nc(-c2ncc(C(C)c3ccc(C(F)(F)F)cc3)s2)cc(=O)[nH]1. The average Bonchev–Trinajstić information content (AvgIpc) is 3.02. The average molecular weight is 365 g/mol. The molecule has 0 amide bonds. The second-order valence-electron chi connectivity index (χ2n) is 5.63. The maximum absolute atomic E-state index is 12.7. The van der Waals surface area contributed by atoms with E-state index >= 15 is 0 Å². The van der Waals surface area contributed by atoms with Crippen LogP contribution in [-0.4, -0.2) is 15.0 Å². The molecule has 0 aliphatic heterocycles. The van der Waals surface area contributed by atoms with Crippen molar-refractivity contribution in [3.8, 4) is 10.7 Å². The molecule has 1 unspecified atom stereocenters. The van der Waals surface area contributed by atoms with E-state index in [1.807, 2.05) is 6.92 Å². The number of alkyl halides is 3. The van der Waals surface area contributed by atoms with Crippen molar-refractivity contribution in [1.82, 2.24) is 15.0 Å². The van der Waals surface area contributed by atoms with Gasteiger partial charge in [-0.15, -0.1) is 11.3 Å². The highest BCUT2D eigenvalue weighted by Gasteiger charge is 2.30. The van der Waals surface area contributed by atoms with E-state index in [-0.39, 0.29) is 11.5 Å². The molecule has 0 fully saturated rings. The molecule has 0 aliphatic rings. The molecule has 0 spiro atoms. The van der Waals surface area contributed by atoms with E-state index in [0.717, 1.165) is 22.6 Å². The Morgan fingerprint density at radius 1 is 1.20 bits per heavy atom. The molecule has 1 aromatic carbocycles. The lowest BCUT2D eigenvalue weighted by Gasteiger charge is -2.11. The Hall–Kier alpha value is -2.48. The van der Waals surface area contributed by atoms with Crippen LogP contribution in [0.1, 0.15) is 34.7 Å². The monoisotopic (exact) mass is 365 g/mol. The lowest BCUT2D eigenvalue weighted by atomic mass is 9.99. The molecule has 1 N–H and O–H groups in total. The number of halogens is 3. The lowest BCUT2D eigenvalue weighted by molar-refractivity contribution is -0.137.